The van der Waals surface area contributed by atoms with E-state index in [9.17, 15) is 9.59 Å². The first-order valence-corrected chi connectivity index (χ1v) is 8.25. The Kier molecular flexibility index (Phi) is 6.01. The predicted molar refractivity (Wildman–Crippen MR) is 105 cm³/mol. The molecule has 6 nitrogen and oxygen atoms in total. The van der Waals surface area contributed by atoms with Crippen LogP contribution in [-0.4, -0.2) is 17.6 Å². The van der Waals surface area contributed by atoms with Gasteiger partial charge in [0.15, 0.2) is 5.79 Å². The van der Waals surface area contributed by atoms with Gasteiger partial charge < -0.3 is 21.7 Å². The molecule has 5 N–H and O–H groups in total. The van der Waals surface area contributed by atoms with Gasteiger partial charge in [0.25, 0.3) is 0 Å². The second-order valence-electron chi connectivity index (χ2n) is 6.10. The van der Waals surface area contributed by atoms with Crippen LogP contribution in [0, 0.1) is 0 Å². The molecule has 0 unspecified atom stereocenters. The Labute approximate surface area is 153 Å². The number of nitrogens with two attached hydrogens (primary N) is 1. The number of anilines is 2. The third-order valence-electron chi connectivity index (χ3n) is 3.76. The molecule has 0 atom stereocenters. The molecule has 0 spiro atoms. The number of amides is 2. The van der Waals surface area contributed by atoms with Crippen molar-refractivity contribution >= 4 is 29.3 Å². The molecule has 0 radical (unpaired) electrons. The van der Waals surface area contributed by atoms with Crippen molar-refractivity contribution in [1.29, 1.82) is 0 Å². The van der Waals surface area contributed by atoms with Crippen LogP contribution in [-0.2, 0) is 16.0 Å². The van der Waals surface area contributed by atoms with E-state index in [1.807, 2.05) is 42.5 Å². The summed E-state index contributed by atoms with van der Waals surface area (Å²) in [5.41, 5.74) is 8.98. The lowest BCUT2D eigenvalue weighted by atomic mass is 10.0. The molecule has 0 aliphatic rings. The molecule has 0 saturated carbocycles. The number of rotatable bonds is 7. The summed E-state index contributed by atoms with van der Waals surface area (Å²) in [6.07, 6.45) is 2.01. The van der Waals surface area contributed by atoms with Gasteiger partial charge in [-0.25, -0.2) is 0 Å². The lowest BCUT2D eigenvalue weighted by Crippen LogP contribution is -2.66. The normalized spacial score (nSPS) is 10.7. The van der Waals surface area contributed by atoms with Crippen molar-refractivity contribution in [3.63, 3.8) is 0 Å². The molecule has 2 aromatic rings. The monoisotopic (exact) mass is 352 g/mol. The maximum absolute atomic E-state index is 11.8. The first kappa shape index (κ1) is 19.1. The lowest BCUT2D eigenvalue weighted by molar-refractivity contribution is -0.124. The highest BCUT2D eigenvalue weighted by Gasteiger charge is 2.32. The molecule has 2 amide bonds. The Morgan fingerprint density at radius 3 is 2.19 bits per heavy atom. The third-order valence-corrected chi connectivity index (χ3v) is 3.76. The number of carbonyl (C=O) groups is 2. The van der Waals surface area contributed by atoms with E-state index in [-0.39, 0.29) is 11.8 Å². The largest absolute Gasteiger partial charge is 0.398 e. The van der Waals surface area contributed by atoms with Gasteiger partial charge in [-0.3, -0.25) is 9.59 Å². The number of nitrogens with one attached hydrogen (secondary N) is 3. The van der Waals surface area contributed by atoms with E-state index in [4.69, 9.17) is 5.73 Å². The van der Waals surface area contributed by atoms with Crippen molar-refractivity contribution in [2.75, 3.05) is 11.1 Å². The van der Waals surface area contributed by atoms with Crippen molar-refractivity contribution in [2.45, 2.75) is 26.1 Å². The number of hydrogen-bond acceptors (Lipinski definition) is 4. The van der Waals surface area contributed by atoms with Crippen LogP contribution in [0.1, 0.15) is 25.0 Å². The summed E-state index contributed by atoms with van der Waals surface area (Å²) >= 11 is 0. The van der Waals surface area contributed by atoms with Crippen LogP contribution in [0.5, 0.6) is 0 Å². The van der Waals surface area contributed by atoms with Gasteiger partial charge in [-0.05, 0) is 23.3 Å². The first-order chi connectivity index (χ1) is 12.3. The fourth-order valence-electron chi connectivity index (χ4n) is 2.81. The summed E-state index contributed by atoms with van der Waals surface area (Å²) in [5, 5.41) is 8.87. The van der Waals surface area contributed by atoms with Crippen LogP contribution in [0.2, 0.25) is 0 Å². The molecule has 0 aliphatic heterocycles. The molecule has 0 saturated heterocycles. The molecular formula is C20H24N4O2. The van der Waals surface area contributed by atoms with Crippen LogP contribution in [0.25, 0.3) is 6.08 Å². The molecule has 6 heteroatoms. The van der Waals surface area contributed by atoms with Gasteiger partial charge in [0.2, 0.25) is 11.8 Å². The van der Waals surface area contributed by atoms with Crippen molar-refractivity contribution in [3.8, 4) is 0 Å². The second-order valence-corrected chi connectivity index (χ2v) is 6.10. The van der Waals surface area contributed by atoms with E-state index < -0.39 is 5.79 Å². The molecule has 0 heterocycles. The van der Waals surface area contributed by atoms with Gasteiger partial charge in [0.05, 0.1) is 0 Å². The summed E-state index contributed by atoms with van der Waals surface area (Å²) in [7, 11) is 0. The smallest absolute Gasteiger partial charge is 0.220 e. The third kappa shape index (κ3) is 5.11. The summed E-state index contributed by atoms with van der Waals surface area (Å²) in [6.45, 7) is 6.52. The quantitative estimate of drug-likeness (QED) is 0.455. The van der Waals surface area contributed by atoms with E-state index >= 15 is 0 Å². The number of hydrogen-bond donors (Lipinski definition) is 4. The molecule has 26 heavy (non-hydrogen) atoms. The number of carbonyl (C=O) groups excluding carboxylic acids is 2. The Hall–Kier alpha value is -3.28. The maximum Gasteiger partial charge on any atom is 0.220 e. The van der Waals surface area contributed by atoms with E-state index in [0.717, 1.165) is 11.1 Å². The summed E-state index contributed by atoms with van der Waals surface area (Å²) in [4.78, 5) is 23.7. The number of nitrogen functional groups attached to an aromatic ring is 1. The highest BCUT2D eigenvalue weighted by atomic mass is 16.2. The Balaban J connectivity index is 2.42. The standard InChI is InChI=1S/C20H24N4O2/c1-4-17-10-11-18(12-19(17)21)24-20(22-14(2)25,23-15(3)26)13-16-8-6-5-7-9-16/h4-12,24H,1,13,21H2,2-3H3,(H,22,25)(H,23,26). The van der Waals surface area contributed by atoms with Crippen LogP contribution < -0.4 is 21.7 Å². The molecule has 136 valence electrons. The molecule has 0 bridgehead atoms. The fourth-order valence-corrected chi connectivity index (χ4v) is 2.81. The van der Waals surface area contributed by atoms with E-state index in [1.54, 1.807) is 12.1 Å². The fraction of sp³-hybridized carbons (Fsp3) is 0.200. The SMILES string of the molecule is C=Cc1ccc(NC(Cc2ccccc2)(NC(C)=O)NC(C)=O)cc1N. The van der Waals surface area contributed by atoms with Gasteiger partial charge in [0, 0.05) is 31.6 Å². The maximum atomic E-state index is 11.8. The zero-order valence-corrected chi connectivity index (χ0v) is 15.0. The van der Waals surface area contributed by atoms with Gasteiger partial charge in [0.1, 0.15) is 0 Å². The Morgan fingerprint density at radius 1 is 1.08 bits per heavy atom. The Bertz CT molecular complexity index is 787. The van der Waals surface area contributed by atoms with Crippen molar-refractivity contribution in [1.82, 2.24) is 10.6 Å². The minimum absolute atomic E-state index is 0.280. The predicted octanol–water partition coefficient (Wildman–Crippen LogP) is 2.49. The van der Waals surface area contributed by atoms with Crippen LogP contribution in [0.15, 0.2) is 55.1 Å². The minimum atomic E-state index is -1.19. The van der Waals surface area contributed by atoms with Gasteiger partial charge >= 0.3 is 0 Å². The highest BCUT2D eigenvalue weighted by molar-refractivity contribution is 5.79. The van der Waals surface area contributed by atoms with Crippen LogP contribution >= 0.6 is 0 Å². The zero-order chi connectivity index (χ0) is 19.2. The lowest BCUT2D eigenvalue weighted by Gasteiger charge is -2.37. The average Bonchev–Trinajstić information content (AvgIpc) is 2.54. The zero-order valence-electron chi connectivity index (χ0n) is 15.0. The Morgan fingerprint density at radius 2 is 1.69 bits per heavy atom. The minimum Gasteiger partial charge on any atom is -0.398 e. The first-order valence-electron chi connectivity index (χ1n) is 8.25. The van der Waals surface area contributed by atoms with Crippen molar-refractivity contribution in [3.05, 3.63) is 66.2 Å². The molecule has 2 aromatic carbocycles. The molecule has 2 rings (SSSR count). The van der Waals surface area contributed by atoms with E-state index in [1.165, 1.54) is 13.8 Å². The summed E-state index contributed by atoms with van der Waals surface area (Å²) < 4.78 is 0. The molecule has 0 aliphatic carbocycles. The summed E-state index contributed by atoms with van der Waals surface area (Å²) in [6, 6.07) is 14.9. The number of benzene rings is 2. The van der Waals surface area contributed by atoms with Gasteiger partial charge in [-0.15, -0.1) is 0 Å². The molecule has 0 fully saturated rings. The topological polar surface area (TPSA) is 96.2 Å². The van der Waals surface area contributed by atoms with Gasteiger partial charge in [-0.2, -0.15) is 0 Å². The van der Waals surface area contributed by atoms with E-state index in [0.29, 0.717) is 17.8 Å². The van der Waals surface area contributed by atoms with Gasteiger partial charge in [-0.1, -0.05) is 49.1 Å². The van der Waals surface area contributed by atoms with Crippen molar-refractivity contribution in [2.24, 2.45) is 0 Å². The van der Waals surface area contributed by atoms with Crippen LogP contribution in [0.4, 0.5) is 11.4 Å². The van der Waals surface area contributed by atoms with Crippen LogP contribution in [0.3, 0.4) is 0 Å². The highest BCUT2D eigenvalue weighted by Crippen LogP contribution is 2.22. The molecule has 0 aromatic heterocycles. The van der Waals surface area contributed by atoms with E-state index in [2.05, 4.69) is 22.5 Å². The van der Waals surface area contributed by atoms with Crippen molar-refractivity contribution < 1.29 is 9.59 Å². The second kappa shape index (κ2) is 8.20. The average molecular weight is 352 g/mol. The molecular weight excluding hydrogens is 328 g/mol. The summed E-state index contributed by atoms with van der Waals surface area (Å²) in [5.74, 6) is -1.75.